The number of nitrogens with one attached hydrogen (secondary N) is 2. The molecule has 0 aliphatic heterocycles. The van der Waals surface area contributed by atoms with Gasteiger partial charge in [-0.1, -0.05) is 18.2 Å². The number of carbonyl (C=O) groups is 1. The fraction of sp³-hybridized carbons (Fsp3) is 0.471. The topological polar surface area (TPSA) is 65.1 Å². The quantitative estimate of drug-likeness (QED) is 0.808. The second-order valence-corrected chi connectivity index (χ2v) is 5.94. The molecule has 0 spiro atoms. The van der Waals surface area contributed by atoms with Gasteiger partial charge in [0.2, 0.25) is 5.91 Å². The summed E-state index contributed by atoms with van der Waals surface area (Å²) in [5.74, 6) is 0.0828. The smallest absolute Gasteiger partial charge is 0.220 e. The number of aromatic amines is 1. The summed E-state index contributed by atoms with van der Waals surface area (Å²) in [6.07, 6.45) is 6.50. The number of aliphatic hydroxyl groups is 1. The first-order chi connectivity index (χ1) is 10.2. The van der Waals surface area contributed by atoms with Crippen LogP contribution in [0.2, 0.25) is 0 Å². The first kappa shape index (κ1) is 14.1. The van der Waals surface area contributed by atoms with Crippen LogP contribution in [0.5, 0.6) is 0 Å². The van der Waals surface area contributed by atoms with Crippen LogP contribution in [0, 0.1) is 0 Å². The molecule has 1 aromatic carbocycles. The van der Waals surface area contributed by atoms with E-state index in [-0.39, 0.29) is 18.1 Å². The van der Waals surface area contributed by atoms with E-state index in [0.29, 0.717) is 12.8 Å². The van der Waals surface area contributed by atoms with E-state index >= 15 is 0 Å². The number of hydrogen-bond donors (Lipinski definition) is 3. The van der Waals surface area contributed by atoms with Gasteiger partial charge in [0.25, 0.3) is 0 Å². The molecule has 4 nitrogen and oxygen atoms in total. The standard InChI is InChI=1S/C17H22N2O2/c20-14-5-3-4-13(10-14)19-17(21)9-8-12-11-18-16-7-2-1-6-15(12)16/h1-2,6-7,11,13-14,18,20H,3-5,8-10H2,(H,19,21). The fourth-order valence-electron chi connectivity index (χ4n) is 3.18. The molecule has 4 heteroatoms. The first-order valence-corrected chi connectivity index (χ1v) is 7.75. The molecule has 3 rings (SSSR count). The first-order valence-electron chi connectivity index (χ1n) is 7.75. The minimum absolute atomic E-state index is 0.0828. The Balaban J connectivity index is 1.54. The molecule has 0 bridgehead atoms. The Labute approximate surface area is 124 Å². The average Bonchev–Trinajstić information content (AvgIpc) is 2.88. The molecule has 1 aliphatic carbocycles. The number of para-hydroxylation sites is 1. The predicted octanol–water partition coefficient (Wildman–Crippen LogP) is 2.52. The molecule has 1 fully saturated rings. The van der Waals surface area contributed by atoms with Gasteiger partial charge in [-0.25, -0.2) is 0 Å². The summed E-state index contributed by atoms with van der Waals surface area (Å²) in [4.78, 5) is 15.3. The Hall–Kier alpha value is -1.81. The highest BCUT2D eigenvalue weighted by Crippen LogP contribution is 2.20. The lowest BCUT2D eigenvalue weighted by molar-refractivity contribution is -0.122. The van der Waals surface area contributed by atoms with Crippen molar-refractivity contribution in [2.75, 3.05) is 0 Å². The van der Waals surface area contributed by atoms with Crippen molar-refractivity contribution < 1.29 is 9.90 Å². The zero-order chi connectivity index (χ0) is 14.7. The maximum absolute atomic E-state index is 12.0. The number of rotatable bonds is 4. The molecule has 0 saturated heterocycles. The highest BCUT2D eigenvalue weighted by molar-refractivity contribution is 5.84. The SMILES string of the molecule is O=C(CCc1c[nH]c2ccccc12)NC1CCCC(O)C1. The van der Waals surface area contributed by atoms with E-state index in [2.05, 4.69) is 16.4 Å². The van der Waals surface area contributed by atoms with Gasteiger partial charge in [0.05, 0.1) is 6.10 Å². The number of aryl methyl sites for hydroxylation is 1. The summed E-state index contributed by atoms with van der Waals surface area (Å²) in [6, 6.07) is 8.29. The Morgan fingerprint density at radius 1 is 1.33 bits per heavy atom. The van der Waals surface area contributed by atoms with E-state index < -0.39 is 0 Å². The molecule has 1 saturated carbocycles. The third-order valence-corrected chi connectivity index (χ3v) is 4.31. The zero-order valence-electron chi connectivity index (χ0n) is 12.1. The predicted molar refractivity (Wildman–Crippen MR) is 83.0 cm³/mol. The van der Waals surface area contributed by atoms with Crippen molar-refractivity contribution in [3.63, 3.8) is 0 Å². The van der Waals surface area contributed by atoms with Gasteiger partial charge in [0.15, 0.2) is 0 Å². The third-order valence-electron chi connectivity index (χ3n) is 4.31. The summed E-state index contributed by atoms with van der Waals surface area (Å²) in [6.45, 7) is 0. The molecular weight excluding hydrogens is 264 g/mol. The molecule has 0 radical (unpaired) electrons. The molecule has 1 amide bonds. The summed E-state index contributed by atoms with van der Waals surface area (Å²) in [7, 11) is 0. The number of aliphatic hydroxyl groups excluding tert-OH is 1. The Morgan fingerprint density at radius 3 is 3.05 bits per heavy atom. The highest BCUT2D eigenvalue weighted by Gasteiger charge is 2.21. The van der Waals surface area contributed by atoms with Crippen molar-refractivity contribution in [3.05, 3.63) is 36.0 Å². The minimum atomic E-state index is -0.252. The van der Waals surface area contributed by atoms with E-state index in [1.807, 2.05) is 24.4 Å². The molecule has 2 aromatic rings. The van der Waals surface area contributed by atoms with Crippen LogP contribution in [-0.2, 0) is 11.2 Å². The van der Waals surface area contributed by atoms with Crippen LogP contribution in [0.25, 0.3) is 10.9 Å². The molecule has 2 unspecified atom stereocenters. The van der Waals surface area contributed by atoms with Gasteiger partial charge in [0, 0.05) is 29.6 Å². The lowest BCUT2D eigenvalue weighted by atomic mass is 9.93. The number of aromatic nitrogens is 1. The second kappa shape index (κ2) is 6.31. The van der Waals surface area contributed by atoms with E-state index in [0.717, 1.165) is 31.2 Å². The van der Waals surface area contributed by atoms with Gasteiger partial charge in [0.1, 0.15) is 0 Å². The molecular formula is C17H22N2O2. The van der Waals surface area contributed by atoms with Gasteiger partial charge >= 0.3 is 0 Å². The van der Waals surface area contributed by atoms with E-state index in [1.165, 1.54) is 10.9 Å². The number of hydrogen-bond acceptors (Lipinski definition) is 2. The van der Waals surface area contributed by atoms with Crippen LogP contribution in [0.3, 0.4) is 0 Å². The van der Waals surface area contributed by atoms with E-state index in [4.69, 9.17) is 0 Å². The van der Waals surface area contributed by atoms with Crippen LogP contribution in [0.1, 0.15) is 37.7 Å². The summed E-state index contributed by atoms with van der Waals surface area (Å²) < 4.78 is 0. The number of carbonyl (C=O) groups excluding carboxylic acids is 1. The molecule has 1 aromatic heterocycles. The van der Waals surface area contributed by atoms with Crippen molar-refractivity contribution in [1.29, 1.82) is 0 Å². The number of fused-ring (bicyclic) bond motifs is 1. The summed E-state index contributed by atoms with van der Waals surface area (Å²) >= 11 is 0. The van der Waals surface area contributed by atoms with E-state index in [9.17, 15) is 9.90 Å². The minimum Gasteiger partial charge on any atom is -0.393 e. The van der Waals surface area contributed by atoms with Crippen LogP contribution in [0.15, 0.2) is 30.5 Å². The van der Waals surface area contributed by atoms with Crippen molar-refractivity contribution >= 4 is 16.8 Å². The zero-order valence-corrected chi connectivity index (χ0v) is 12.1. The molecule has 2 atom stereocenters. The lowest BCUT2D eigenvalue weighted by Gasteiger charge is -2.26. The molecule has 3 N–H and O–H groups in total. The van der Waals surface area contributed by atoms with Gasteiger partial charge in [-0.3, -0.25) is 4.79 Å². The Kier molecular flexibility index (Phi) is 4.25. The number of benzene rings is 1. The largest absolute Gasteiger partial charge is 0.393 e. The molecule has 1 aliphatic rings. The molecule has 112 valence electrons. The number of amides is 1. The van der Waals surface area contributed by atoms with Crippen molar-refractivity contribution in [1.82, 2.24) is 10.3 Å². The van der Waals surface area contributed by atoms with Crippen molar-refractivity contribution in [2.24, 2.45) is 0 Å². The fourth-order valence-corrected chi connectivity index (χ4v) is 3.18. The van der Waals surface area contributed by atoms with Gasteiger partial charge < -0.3 is 15.4 Å². The Bertz CT molecular complexity index is 620. The van der Waals surface area contributed by atoms with Crippen LogP contribution < -0.4 is 5.32 Å². The van der Waals surface area contributed by atoms with Gasteiger partial charge in [-0.05, 0) is 43.7 Å². The molecule has 21 heavy (non-hydrogen) atoms. The number of H-pyrrole nitrogens is 1. The van der Waals surface area contributed by atoms with Crippen LogP contribution in [-0.4, -0.2) is 28.1 Å². The van der Waals surface area contributed by atoms with Crippen LogP contribution >= 0.6 is 0 Å². The highest BCUT2D eigenvalue weighted by atomic mass is 16.3. The van der Waals surface area contributed by atoms with Crippen LogP contribution in [0.4, 0.5) is 0 Å². The third kappa shape index (κ3) is 3.45. The second-order valence-electron chi connectivity index (χ2n) is 5.94. The van der Waals surface area contributed by atoms with Crippen molar-refractivity contribution in [2.45, 2.75) is 50.7 Å². The Morgan fingerprint density at radius 2 is 2.19 bits per heavy atom. The van der Waals surface area contributed by atoms with Gasteiger partial charge in [-0.15, -0.1) is 0 Å². The normalized spacial score (nSPS) is 22.3. The van der Waals surface area contributed by atoms with E-state index in [1.54, 1.807) is 0 Å². The monoisotopic (exact) mass is 286 g/mol. The lowest BCUT2D eigenvalue weighted by Crippen LogP contribution is -2.39. The maximum Gasteiger partial charge on any atom is 0.220 e. The van der Waals surface area contributed by atoms with Gasteiger partial charge in [-0.2, -0.15) is 0 Å². The summed E-state index contributed by atoms with van der Waals surface area (Å²) in [5.41, 5.74) is 2.30. The molecule has 1 heterocycles. The maximum atomic E-state index is 12.0. The average molecular weight is 286 g/mol. The summed E-state index contributed by atoms with van der Waals surface area (Å²) in [5, 5.41) is 13.9. The van der Waals surface area contributed by atoms with Crippen molar-refractivity contribution in [3.8, 4) is 0 Å².